The lowest BCUT2D eigenvalue weighted by molar-refractivity contribution is -0.384. The molecule has 0 unspecified atom stereocenters. The van der Waals surface area contributed by atoms with Gasteiger partial charge in [-0.3, -0.25) is 15.1 Å². The van der Waals surface area contributed by atoms with Gasteiger partial charge < -0.3 is 5.32 Å². The third-order valence-corrected chi connectivity index (χ3v) is 2.42. The minimum absolute atomic E-state index is 0.0869. The van der Waals surface area contributed by atoms with Gasteiger partial charge in [-0.2, -0.15) is 0 Å². The van der Waals surface area contributed by atoms with E-state index in [1.54, 1.807) is 18.5 Å². The molecule has 0 aliphatic rings. The van der Waals surface area contributed by atoms with Crippen molar-refractivity contribution in [3.05, 3.63) is 51.7 Å². The molecule has 0 amide bonds. The second-order valence-electron chi connectivity index (χ2n) is 3.33. The molecule has 0 fully saturated rings. The van der Waals surface area contributed by atoms with E-state index in [1.807, 2.05) is 6.07 Å². The fraction of sp³-hybridized carbons (Fsp3) is 0.100. The van der Waals surface area contributed by atoms with Crippen LogP contribution in [0.1, 0.15) is 5.56 Å². The molecule has 1 N–H and O–H groups in total. The Morgan fingerprint density at radius 2 is 2.28 bits per heavy atom. The Balaban J connectivity index is 2.20. The summed E-state index contributed by atoms with van der Waals surface area (Å²) in [7, 11) is 0. The van der Waals surface area contributed by atoms with Crippen LogP contribution in [-0.4, -0.2) is 19.9 Å². The predicted molar refractivity (Wildman–Crippen MR) is 65.3 cm³/mol. The molecule has 0 spiro atoms. The van der Waals surface area contributed by atoms with Crippen LogP contribution >= 0.6 is 11.6 Å². The monoisotopic (exact) mass is 265 g/mol. The average Bonchev–Trinajstić information content (AvgIpc) is 2.37. The van der Waals surface area contributed by atoms with Crippen molar-refractivity contribution in [2.75, 3.05) is 5.32 Å². The number of pyridine rings is 1. The van der Waals surface area contributed by atoms with Crippen LogP contribution in [0.15, 0.2) is 30.9 Å². The lowest BCUT2D eigenvalue weighted by Crippen LogP contribution is -2.06. The Morgan fingerprint density at radius 1 is 1.44 bits per heavy atom. The molecule has 0 aliphatic carbocycles. The average molecular weight is 266 g/mol. The normalized spacial score (nSPS) is 10.1. The van der Waals surface area contributed by atoms with Gasteiger partial charge in [0.1, 0.15) is 6.33 Å². The first-order valence-corrected chi connectivity index (χ1v) is 5.34. The summed E-state index contributed by atoms with van der Waals surface area (Å²) in [6.07, 6.45) is 4.47. The van der Waals surface area contributed by atoms with E-state index in [2.05, 4.69) is 20.3 Å². The largest absolute Gasteiger partial charge is 0.360 e. The molecule has 0 bridgehead atoms. The molecule has 2 rings (SSSR count). The van der Waals surface area contributed by atoms with Gasteiger partial charge >= 0.3 is 5.69 Å². The van der Waals surface area contributed by atoms with Gasteiger partial charge in [0.2, 0.25) is 11.0 Å². The zero-order chi connectivity index (χ0) is 13.0. The highest BCUT2D eigenvalue weighted by Gasteiger charge is 2.21. The van der Waals surface area contributed by atoms with Gasteiger partial charge in [0.05, 0.1) is 4.92 Å². The van der Waals surface area contributed by atoms with Crippen molar-refractivity contribution in [3.8, 4) is 0 Å². The summed E-state index contributed by atoms with van der Waals surface area (Å²) in [5, 5.41) is 13.5. The topological polar surface area (TPSA) is 93.8 Å². The first-order chi connectivity index (χ1) is 8.68. The Labute approximate surface area is 107 Å². The van der Waals surface area contributed by atoms with E-state index in [1.165, 1.54) is 6.33 Å². The van der Waals surface area contributed by atoms with Crippen LogP contribution in [-0.2, 0) is 6.54 Å². The Bertz CT molecular complexity index is 563. The van der Waals surface area contributed by atoms with E-state index >= 15 is 0 Å². The maximum atomic E-state index is 10.8. The van der Waals surface area contributed by atoms with Gasteiger partial charge in [0.15, 0.2) is 0 Å². The number of rotatable bonds is 4. The summed E-state index contributed by atoms with van der Waals surface area (Å²) in [6.45, 7) is 0.363. The maximum Gasteiger partial charge on any atom is 0.348 e. The standard InChI is InChI=1S/C10H8ClN5O2/c11-9-8(16(17)18)10(15-6-14-9)13-5-7-2-1-3-12-4-7/h1-4,6H,5H2,(H,13,14,15). The molecule has 2 aromatic heterocycles. The fourth-order valence-electron chi connectivity index (χ4n) is 1.34. The Kier molecular flexibility index (Phi) is 3.63. The lowest BCUT2D eigenvalue weighted by Gasteiger charge is -2.05. The van der Waals surface area contributed by atoms with Gasteiger partial charge in [-0.1, -0.05) is 17.7 Å². The summed E-state index contributed by atoms with van der Waals surface area (Å²) in [5.74, 6) is 0.0869. The minimum Gasteiger partial charge on any atom is -0.360 e. The molecule has 0 aliphatic heterocycles. The van der Waals surface area contributed by atoms with E-state index in [-0.39, 0.29) is 16.7 Å². The third-order valence-electron chi connectivity index (χ3n) is 2.14. The van der Waals surface area contributed by atoms with Crippen molar-refractivity contribution in [1.82, 2.24) is 15.0 Å². The predicted octanol–water partition coefficient (Wildman–Crippen LogP) is 2.05. The van der Waals surface area contributed by atoms with Gasteiger partial charge in [-0.15, -0.1) is 0 Å². The zero-order valence-corrected chi connectivity index (χ0v) is 9.83. The summed E-state index contributed by atoms with van der Waals surface area (Å²) in [5.41, 5.74) is 0.546. The van der Waals surface area contributed by atoms with Crippen LogP contribution in [0.25, 0.3) is 0 Å². The highest BCUT2D eigenvalue weighted by molar-refractivity contribution is 6.31. The molecule has 2 heterocycles. The molecule has 0 saturated heterocycles. The number of nitrogens with one attached hydrogen (secondary N) is 1. The second-order valence-corrected chi connectivity index (χ2v) is 3.69. The number of nitro groups is 1. The molecular weight excluding hydrogens is 258 g/mol. The molecule has 0 atom stereocenters. The number of halogens is 1. The van der Waals surface area contributed by atoms with Crippen molar-refractivity contribution in [2.45, 2.75) is 6.54 Å². The molecule has 18 heavy (non-hydrogen) atoms. The van der Waals surface area contributed by atoms with Crippen LogP contribution in [0, 0.1) is 10.1 Å². The van der Waals surface area contributed by atoms with E-state index in [4.69, 9.17) is 11.6 Å². The van der Waals surface area contributed by atoms with Gasteiger partial charge in [-0.05, 0) is 11.6 Å². The van der Waals surface area contributed by atoms with Crippen LogP contribution in [0.2, 0.25) is 5.15 Å². The summed E-state index contributed by atoms with van der Waals surface area (Å²) < 4.78 is 0. The first-order valence-electron chi connectivity index (χ1n) is 4.96. The maximum absolute atomic E-state index is 10.8. The van der Waals surface area contributed by atoms with Gasteiger partial charge in [-0.25, -0.2) is 9.97 Å². The van der Waals surface area contributed by atoms with E-state index in [0.717, 1.165) is 5.56 Å². The number of nitrogens with zero attached hydrogens (tertiary/aromatic N) is 4. The summed E-state index contributed by atoms with van der Waals surface area (Å²) in [6, 6.07) is 3.62. The highest BCUT2D eigenvalue weighted by Crippen LogP contribution is 2.28. The highest BCUT2D eigenvalue weighted by atomic mass is 35.5. The van der Waals surface area contributed by atoms with Gasteiger partial charge in [0.25, 0.3) is 0 Å². The van der Waals surface area contributed by atoms with Crippen LogP contribution in [0.3, 0.4) is 0 Å². The van der Waals surface area contributed by atoms with E-state index in [9.17, 15) is 10.1 Å². The minimum atomic E-state index is -0.617. The second kappa shape index (κ2) is 5.37. The number of aromatic nitrogens is 3. The molecule has 0 saturated carbocycles. The molecule has 8 heteroatoms. The first kappa shape index (κ1) is 12.2. The van der Waals surface area contributed by atoms with Crippen molar-refractivity contribution in [1.29, 1.82) is 0 Å². The SMILES string of the molecule is O=[N+]([O-])c1c(Cl)ncnc1NCc1cccnc1. The van der Waals surface area contributed by atoms with Crippen LogP contribution in [0.5, 0.6) is 0 Å². The summed E-state index contributed by atoms with van der Waals surface area (Å²) >= 11 is 5.66. The lowest BCUT2D eigenvalue weighted by atomic mass is 10.3. The molecule has 92 valence electrons. The zero-order valence-electron chi connectivity index (χ0n) is 9.08. The Morgan fingerprint density at radius 3 is 2.94 bits per heavy atom. The fourth-order valence-corrected chi connectivity index (χ4v) is 1.54. The van der Waals surface area contributed by atoms with Crippen molar-refractivity contribution in [3.63, 3.8) is 0 Å². The third kappa shape index (κ3) is 2.69. The Hall–Kier alpha value is -2.28. The summed E-state index contributed by atoms with van der Waals surface area (Å²) in [4.78, 5) is 21.5. The smallest absolute Gasteiger partial charge is 0.348 e. The van der Waals surface area contributed by atoms with Gasteiger partial charge in [0, 0.05) is 18.9 Å². The molecule has 7 nitrogen and oxygen atoms in total. The van der Waals surface area contributed by atoms with Crippen LogP contribution < -0.4 is 5.32 Å². The van der Waals surface area contributed by atoms with E-state index in [0.29, 0.717) is 6.54 Å². The van der Waals surface area contributed by atoms with Crippen molar-refractivity contribution >= 4 is 23.1 Å². The quantitative estimate of drug-likeness (QED) is 0.516. The number of anilines is 1. The van der Waals surface area contributed by atoms with E-state index < -0.39 is 4.92 Å². The van der Waals surface area contributed by atoms with Crippen LogP contribution in [0.4, 0.5) is 11.5 Å². The number of hydrogen-bond donors (Lipinski definition) is 1. The number of hydrogen-bond acceptors (Lipinski definition) is 6. The molecule has 2 aromatic rings. The van der Waals surface area contributed by atoms with Crippen molar-refractivity contribution < 1.29 is 4.92 Å². The molecular formula is C10H8ClN5O2. The van der Waals surface area contributed by atoms with Crippen molar-refractivity contribution in [2.24, 2.45) is 0 Å². The molecule has 0 aromatic carbocycles. The molecule has 0 radical (unpaired) electrons.